The van der Waals surface area contributed by atoms with Crippen LogP contribution in [0.5, 0.6) is 0 Å². The molecule has 0 amide bonds. The lowest BCUT2D eigenvalue weighted by atomic mass is 10.3. The summed E-state index contributed by atoms with van der Waals surface area (Å²) in [5.74, 6) is 0.595. The summed E-state index contributed by atoms with van der Waals surface area (Å²) < 4.78 is 37.8. The van der Waals surface area contributed by atoms with Gasteiger partial charge in [-0.3, -0.25) is 0 Å². The molecule has 5 nitrogen and oxygen atoms in total. The average molecular weight is 291 g/mol. The predicted octanol–water partition coefficient (Wildman–Crippen LogP) is 2.66. The zero-order valence-corrected chi connectivity index (χ0v) is 11.7. The Hall–Kier alpha value is -1.73. The number of rotatable bonds is 7. The fraction of sp³-hybridized carbons (Fsp3) is 0.667. The Balaban J connectivity index is 2.96. The third kappa shape index (κ3) is 5.50. The molecule has 0 aliphatic carbocycles. The highest BCUT2D eigenvalue weighted by Gasteiger charge is 2.31. The quantitative estimate of drug-likeness (QED) is 0.808. The van der Waals surface area contributed by atoms with Crippen LogP contribution in [0.15, 0.2) is 6.07 Å². The third-order valence-electron chi connectivity index (χ3n) is 2.47. The number of halogens is 3. The highest BCUT2D eigenvalue weighted by molar-refractivity contribution is 5.52. The molecule has 0 aromatic carbocycles. The largest absolute Gasteiger partial charge is 0.405 e. The van der Waals surface area contributed by atoms with E-state index in [0.717, 1.165) is 11.3 Å². The molecule has 0 aliphatic heterocycles. The molecule has 0 saturated carbocycles. The zero-order chi connectivity index (χ0) is 15.2. The number of hydrogen-bond acceptors (Lipinski definition) is 5. The van der Waals surface area contributed by atoms with Crippen molar-refractivity contribution < 1.29 is 13.2 Å². The van der Waals surface area contributed by atoms with Gasteiger partial charge in [0.1, 0.15) is 18.2 Å². The summed E-state index contributed by atoms with van der Waals surface area (Å²) in [6.07, 6.45) is -2.83. The van der Waals surface area contributed by atoms with Gasteiger partial charge in [-0.05, 0) is 12.8 Å². The molecule has 0 bridgehead atoms. The molecule has 1 aromatic rings. The summed E-state index contributed by atoms with van der Waals surface area (Å²) in [5, 5.41) is 3.00. The SMILES string of the molecule is CCCNc1cc(N(CCC)CC(F)(F)F)nc(N)n1. The molecule has 114 valence electrons. The van der Waals surface area contributed by atoms with E-state index >= 15 is 0 Å². The average Bonchev–Trinajstić information content (AvgIpc) is 2.33. The van der Waals surface area contributed by atoms with E-state index in [1.807, 2.05) is 13.8 Å². The van der Waals surface area contributed by atoms with Gasteiger partial charge in [0.2, 0.25) is 5.95 Å². The van der Waals surface area contributed by atoms with Crippen molar-refractivity contribution in [3.8, 4) is 0 Å². The van der Waals surface area contributed by atoms with E-state index < -0.39 is 12.7 Å². The molecule has 0 fully saturated rings. The first-order valence-electron chi connectivity index (χ1n) is 6.55. The Morgan fingerprint density at radius 3 is 2.50 bits per heavy atom. The first kappa shape index (κ1) is 16.3. The number of hydrogen-bond donors (Lipinski definition) is 2. The van der Waals surface area contributed by atoms with Crippen molar-refractivity contribution >= 4 is 17.6 Å². The summed E-state index contributed by atoms with van der Waals surface area (Å²) in [4.78, 5) is 9.02. The topological polar surface area (TPSA) is 67.1 Å². The number of nitrogens with one attached hydrogen (secondary N) is 1. The van der Waals surface area contributed by atoms with Crippen LogP contribution in [0.2, 0.25) is 0 Å². The summed E-state index contributed by atoms with van der Waals surface area (Å²) in [7, 11) is 0. The minimum Gasteiger partial charge on any atom is -0.370 e. The van der Waals surface area contributed by atoms with Crippen LogP contribution in [-0.4, -0.2) is 35.8 Å². The molecule has 0 unspecified atom stereocenters. The van der Waals surface area contributed by atoms with Crippen molar-refractivity contribution in [2.75, 3.05) is 35.6 Å². The van der Waals surface area contributed by atoms with Crippen LogP contribution in [0, 0.1) is 0 Å². The predicted molar refractivity (Wildman–Crippen MR) is 73.8 cm³/mol. The van der Waals surface area contributed by atoms with Crippen LogP contribution in [0.3, 0.4) is 0 Å². The van der Waals surface area contributed by atoms with E-state index in [0.29, 0.717) is 18.8 Å². The molecule has 8 heteroatoms. The Labute approximate surface area is 116 Å². The van der Waals surface area contributed by atoms with Crippen molar-refractivity contribution in [3.63, 3.8) is 0 Å². The Bertz CT molecular complexity index is 422. The highest BCUT2D eigenvalue weighted by atomic mass is 19.4. The summed E-state index contributed by atoms with van der Waals surface area (Å²) in [5.41, 5.74) is 5.56. The summed E-state index contributed by atoms with van der Waals surface area (Å²) in [6, 6.07) is 1.49. The second-order valence-electron chi connectivity index (χ2n) is 4.43. The first-order chi connectivity index (χ1) is 9.35. The standard InChI is InChI=1S/C12H20F3N5/c1-3-5-17-9-7-10(19-11(16)18-9)20(6-4-2)8-12(13,14)15/h7H,3-6,8H2,1-2H3,(H3,16,17,18,19). The van der Waals surface area contributed by atoms with Crippen LogP contribution in [0.4, 0.5) is 30.8 Å². The summed E-state index contributed by atoms with van der Waals surface area (Å²) in [6.45, 7) is 3.66. The van der Waals surface area contributed by atoms with Crippen molar-refractivity contribution in [2.24, 2.45) is 0 Å². The molecule has 1 rings (SSSR count). The molecule has 1 aromatic heterocycles. The molecule has 3 N–H and O–H groups in total. The van der Waals surface area contributed by atoms with Crippen molar-refractivity contribution in [1.29, 1.82) is 0 Å². The van der Waals surface area contributed by atoms with Gasteiger partial charge in [0, 0.05) is 19.2 Å². The monoisotopic (exact) mass is 291 g/mol. The van der Waals surface area contributed by atoms with E-state index in [9.17, 15) is 13.2 Å². The van der Waals surface area contributed by atoms with E-state index in [1.165, 1.54) is 6.07 Å². The first-order valence-corrected chi connectivity index (χ1v) is 6.55. The van der Waals surface area contributed by atoms with Gasteiger partial charge in [-0.25, -0.2) is 0 Å². The molecular formula is C12H20F3N5. The van der Waals surface area contributed by atoms with Gasteiger partial charge < -0.3 is 16.0 Å². The number of nitrogen functional groups attached to an aromatic ring is 1. The lowest BCUT2D eigenvalue weighted by Crippen LogP contribution is -2.35. The number of alkyl halides is 3. The number of aromatic nitrogens is 2. The fourth-order valence-electron chi connectivity index (χ4n) is 1.72. The van der Waals surface area contributed by atoms with Crippen LogP contribution in [0.1, 0.15) is 26.7 Å². The normalized spacial score (nSPS) is 11.4. The smallest absolute Gasteiger partial charge is 0.370 e. The maximum Gasteiger partial charge on any atom is 0.405 e. The molecule has 0 aliphatic rings. The zero-order valence-electron chi connectivity index (χ0n) is 11.7. The molecule has 0 atom stereocenters. The number of nitrogens with zero attached hydrogens (tertiary/aromatic N) is 3. The van der Waals surface area contributed by atoms with E-state index in [1.54, 1.807) is 0 Å². The molecule has 0 spiro atoms. The van der Waals surface area contributed by atoms with Gasteiger partial charge >= 0.3 is 6.18 Å². The van der Waals surface area contributed by atoms with Crippen molar-refractivity contribution in [3.05, 3.63) is 6.07 Å². The van der Waals surface area contributed by atoms with E-state index in [-0.39, 0.29) is 18.3 Å². The molecule has 1 heterocycles. The summed E-state index contributed by atoms with van der Waals surface area (Å²) >= 11 is 0. The van der Waals surface area contributed by atoms with Gasteiger partial charge in [-0.2, -0.15) is 23.1 Å². The number of anilines is 3. The van der Waals surface area contributed by atoms with Crippen LogP contribution in [0.25, 0.3) is 0 Å². The Kier molecular flexibility index (Phi) is 5.84. The number of nitrogens with two attached hydrogens (primary N) is 1. The maximum absolute atomic E-state index is 12.6. The van der Waals surface area contributed by atoms with E-state index in [4.69, 9.17) is 5.73 Å². The highest BCUT2D eigenvalue weighted by Crippen LogP contribution is 2.23. The molecular weight excluding hydrogens is 271 g/mol. The van der Waals surface area contributed by atoms with Gasteiger partial charge in [-0.15, -0.1) is 0 Å². The minimum absolute atomic E-state index is 0.0376. The molecule has 20 heavy (non-hydrogen) atoms. The van der Waals surface area contributed by atoms with Gasteiger partial charge in [0.05, 0.1) is 0 Å². The van der Waals surface area contributed by atoms with Crippen LogP contribution in [-0.2, 0) is 0 Å². The molecule has 0 radical (unpaired) electrons. The van der Waals surface area contributed by atoms with Crippen molar-refractivity contribution in [1.82, 2.24) is 9.97 Å². The van der Waals surface area contributed by atoms with Gasteiger partial charge in [0.15, 0.2) is 0 Å². The fourth-order valence-corrected chi connectivity index (χ4v) is 1.72. The second kappa shape index (κ2) is 7.16. The van der Waals surface area contributed by atoms with Crippen molar-refractivity contribution in [2.45, 2.75) is 32.9 Å². The lowest BCUT2D eigenvalue weighted by Gasteiger charge is -2.24. The van der Waals surface area contributed by atoms with E-state index in [2.05, 4.69) is 15.3 Å². The Morgan fingerprint density at radius 1 is 1.25 bits per heavy atom. The molecule has 0 saturated heterocycles. The maximum atomic E-state index is 12.6. The second-order valence-corrected chi connectivity index (χ2v) is 4.43. The third-order valence-corrected chi connectivity index (χ3v) is 2.47. The lowest BCUT2D eigenvalue weighted by molar-refractivity contribution is -0.119. The Morgan fingerprint density at radius 2 is 1.95 bits per heavy atom. The minimum atomic E-state index is -4.29. The van der Waals surface area contributed by atoms with Gasteiger partial charge in [-0.1, -0.05) is 13.8 Å². The van der Waals surface area contributed by atoms with Gasteiger partial charge in [0.25, 0.3) is 0 Å². The van der Waals surface area contributed by atoms with Crippen LogP contribution < -0.4 is 16.0 Å². The van der Waals surface area contributed by atoms with Crippen LogP contribution >= 0.6 is 0 Å².